The molecule has 0 spiro atoms. The fourth-order valence-electron chi connectivity index (χ4n) is 4.20. The van der Waals surface area contributed by atoms with Gasteiger partial charge in [0.05, 0.1) is 15.9 Å². The first kappa shape index (κ1) is 23.6. The van der Waals surface area contributed by atoms with Gasteiger partial charge >= 0.3 is 5.97 Å². The van der Waals surface area contributed by atoms with Crippen LogP contribution in [0.25, 0.3) is 22.3 Å². The highest BCUT2D eigenvalue weighted by atomic mass is 16.6. The standard InChI is InChI=1S/C27H18N2O8/c1-2-15-11-12-20-18(13-15)23(31)25(24(36-20)16-7-4-3-5-8-16)37-21(30)14-28-26(32)17-9-6-10-19(29(34)35)22(17)27(28)33/h3-13H,2,14H2,1H3. The van der Waals surface area contributed by atoms with Crippen molar-refractivity contribution in [3.05, 3.63) is 104 Å². The molecule has 0 N–H and O–H groups in total. The Morgan fingerprint density at radius 1 is 1.00 bits per heavy atom. The quantitative estimate of drug-likeness (QED) is 0.167. The van der Waals surface area contributed by atoms with Crippen LogP contribution in [0.2, 0.25) is 0 Å². The summed E-state index contributed by atoms with van der Waals surface area (Å²) in [5.74, 6) is -3.34. The SMILES string of the molecule is CCc1ccc2oc(-c3ccccc3)c(OC(=O)CN3C(=O)c4cccc([N+](=O)[O-])c4C3=O)c(=O)c2c1. The zero-order valence-electron chi connectivity index (χ0n) is 19.4. The molecular formula is C27H18N2O8. The van der Waals surface area contributed by atoms with Crippen LogP contribution in [0.5, 0.6) is 5.75 Å². The molecule has 2 heterocycles. The Kier molecular flexibility index (Phi) is 5.84. The molecule has 0 unspecified atom stereocenters. The number of hydrogen-bond donors (Lipinski definition) is 0. The zero-order valence-corrected chi connectivity index (χ0v) is 19.4. The lowest BCUT2D eigenvalue weighted by molar-refractivity contribution is -0.385. The van der Waals surface area contributed by atoms with E-state index in [2.05, 4.69) is 0 Å². The smallest absolute Gasteiger partial charge is 0.331 e. The van der Waals surface area contributed by atoms with E-state index in [9.17, 15) is 29.3 Å². The summed E-state index contributed by atoms with van der Waals surface area (Å²) in [6.07, 6.45) is 0.664. The summed E-state index contributed by atoms with van der Waals surface area (Å²) in [4.78, 5) is 63.1. The summed E-state index contributed by atoms with van der Waals surface area (Å²) in [6.45, 7) is 1.07. The molecule has 2 amide bonds. The summed E-state index contributed by atoms with van der Waals surface area (Å²) in [7, 11) is 0. The minimum absolute atomic E-state index is 0.00805. The second kappa shape index (κ2) is 9.15. The number of carbonyl (C=O) groups is 3. The molecular weight excluding hydrogens is 480 g/mol. The maximum Gasteiger partial charge on any atom is 0.331 e. The summed E-state index contributed by atoms with van der Waals surface area (Å²) < 4.78 is 11.4. The van der Waals surface area contributed by atoms with Gasteiger partial charge in [-0.25, -0.2) is 4.79 Å². The predicted molar refractivity (Wildman–Crippen MR) is 131 cm³/mol. The van der Waals surface area contributed by atoms with Crippen LogP contribution in [0.1, 0.15) is 33.2 Å². The number of nitro groups is 1. The topological polar surface area (TPSA) is 137 Å². The van der Waals surface area contributed by atoms with Gasteiger partial charge in [0.1, 0.15) is 17.7 Å². The highest BCUT2D eigenvalue weighted by Crippen LogP contribution is 2.33. The molecule has 0 saturated heterocycles. The number of fused-ring (bicyclic) bond motifs is 2. The van der Waals surface area contributed by atoms with Crippen molar-refractivity contribution < 1.29 is 28.5 Å². The summed E-state index contributed by atoms with van der Waals surface area (Å²) >= 11 is 0. The molecule has 5 rings (SSSR count). The number of hydrogen-bond acceptors (Lipinski definition) is 8. The molecule has 10 heteroatoms. The lowest BCUT2D eigenvalue weighted by Gasteiger charge is -2.14. The van der Waals surface area contributed by atoms with Gasteiger partial charge < -0.3 is 9.15 Å². The molecule has 184 valence electrons. The Bertz CT molecular complexity index is 1670. The molecule has 0 saturated carbocycles. The van der Waals surface area contributed by atoms with E-state index in [4.69, 9.17) is 9.15 Å². The summed E-state index contributed by atoms with van der Waals surface area (Å²) in [6, 6.07) is 17.3. The van der Waals surface area contributed by atoms with E-state index in [-0.39, 0.29) is 22.5 Å². The van der Waals surface area contributed by atoms with Gasteiger partial charge in [-0.1, -0.05) is 49.4 Å². The minimum atomic E-state index is -1.09. The van der Waals surface area contributed by atoms with E-state index in [0.29, 0.717) is 22.5 Å². The molecule has 0 bridgehead atoms. The second-order valence-corrected chi connectivity index (χ2v) is 8.27. The molecule has 1 aliphatic rings. The Labute approximate surface area is 208 Å². The second-order valence-electron chi connectivity index (χ2n) is 8.27. The zero-order chi connectivity index (χ0) is 26.3. The first-order valence-corrected chi connectivity index (χ1v) is 11.3. The average molecular weight is 498 g/mol. The van der Waals surface area contributed by atoms with Gasteiger partial charge in [-0.2, -0.15) is 0 Å². The fourth-order valence-corrected chi connectivity index (χ4v) is 4.20. The van der Waals surface area contributed by atoms with Crippen molar-refractivity contribution in [2.45, 2.75) is 13.3 Å². The number of imide groups is 1. The van der Waals surface area contributed by atoms with Crippen LogP contribution < -0.4 is 10.2 Å². The van der Waals surface area contributed by atoms with Gasteiger partial charge in [-0.3, -0.25) is 29.4 Å². The van der Waals surface area contributed by atoms with Crippen molar-refractivity contribution in [2.75, 3.05) is 6.54 Å². The van der Waals surface area contributed by atoms with Crippen LogP contribution in [-0.2, 0) is 11.2 Å². The predicted octanol–water partition coefficient (Wildman–Crippen LogP) is 4.13. The maximum absolute atomic E-state index is 13.4. The van der Waals surface area contributed by atoms with E-state index in [1.54, 1.807) is 42.5 Å². The van der Waals surface area contributed by atoms with Crippen LogP contribution in [0, 0.1) is 10.1 Å². The van der Waals surface area contributed by atoms with Gasteiger partial charge in [0.2, 0.25) is 11.2 Å². The number of benzene rings is 3. The van der Waals surface area contributed by atoms with Gasteiger partial charge in [-0.15, -0.1) is 0 Å². The van der Waals surface area contributed by atoms with Gasteiger partial charge in [0.15, 0.2) is 5.76 Å². The molecule has 0 aliphatic carbocycles. The van der Waals surface area contributed by atoms with E-state index < -0.39 is 45.9 Å². The van der Waals surface area contributed by atoms with E-state index in [1.807, 2.05) is 13.0 Å². The number of nitrogens with zero attached hydrogens (tertiary/aromatic N) is 2. The number of rotatable bonds is 6. The van der Waals surface area contributed by atoms with Crippen LogP contribution in [0.15, 0.2) is 75.9 Å². The molecule has 3 aromatic carbocycles. The molecule has 1 aromatic heterocycles. The molecule has 37 heavy (non-hydrogen) atoms. The normalized spacial score (nSPS) is 12.6. The van der Waals surface area contributed by atoms with Gasteiger partial charge in [0, 0.05) is 11.6 Å². The van der Waals surface area contributed by atoms with Crippen molar-refractivity contribution in [1.82, 2.24) is 4.90 Å². The third kappa shape index (κ3) is 4.04. The Morgan fingerprint density at radius 3 is 2.46 bits per heavy atom. The maximum atomic E-state index is 13.4. The lowest BCUT2D eigenvalue weighted by Crippen LogP contribution is -2.37. The van der Waals surface area contributed by atoms with Crippen molar-refractivity contribution in [2.24, 2.45) is 0 Å². The van der Waals surface area contributed by atoms with Crippen molar-refractivity contribution in [1.29, 1.82) is 0 Å². The largest absolute Gasteiger partial charge is 0.452 e. The molecule has 10 nitrogen and oxygen atoms in total. The number of ether oxygens (including phenoxy) is 1. The number of esters is 1. The summed E-state index contributed by atoms with van der Waals surface area (Å²) in [5.41, 5.74) is -0.0745. The van der Waals surface area contributed by atoms with E-state index >= 15 is 0 Å². The first-order chi connectivity index (χ1) is 17.8. The van der Waals surface area contributed by atoms with E-state index in [1.165, 1.54) is 12.1 Å². The lowest BCUT2D eigenvalue weighted by atomic mass is 10.1. The highest BCUT2D eigenvalue weighted by molar-refractivity contribution is 6.24. The van der Waals surface area contributed by atoms with Crippen LogP contribution in [-0.4, -0.2) is 34.2 Å². The third-order valence-corrected chi connectivity index (χ3v) is 6.03. The Morgan fingerprint density at radius 2 is 1.76 bits per heavy atom. The fraction of sp³-hybridized carbons (Fsp3) is 0.111. The molecule has 0 atom stereocenters. The number of amides is 2. The molecule has 4 aromatic rings. The van der Waals surface area contributed by atoms with Crippen molar-refractivity contribution >= 4 is 34.4 Å². The number of aryl methyl sites for hydroxylation is 1. The summed E-state index contributed by atoms with van der Waals surface area (Å²) in [5, 5.41) is 11.5. The number of carbonyl (C=O) groups excluding carboxylic acids is 3. The monoisotopic (exact) mass is 498 g/mol. The van der Waals surface area contributed by atoms with Crippen LogP contribution >= 0.6 is 0 Å². The van der Waals surface area contributed by atoms with Crippen molar-refractivity contribution in [3.8, 4) is 17.1 Å². The first-order valence-electron chi connectivity index (χ1n) is 11.3. The Balaban J connectivity index is 1.52. The average Bonchev–Trinajstić information content (AvgIpc) is 3.15. The van der Waals surface area contributed by atoms with Gasteiger partial charge in [-0.05, 0) is 30.2 Å². The van der Waals surface area contributed by atoms with Gasteiger partial charge in [0.25, 0.3) is 17.5 Å². The minimum Gasteiger partial charge on any atom is -0.452 e. The Hall–Kier alpha value is -5.12. The molecule has 0 radical (unpaired) electrons. The van der Waals surface area contributed by atoms with Crippen LogP contribution in [0.3, 0.4) is 0 Å². The third-order valence-electron chi connectivity index (χ3n) is 6.03. The molecule has 0 fully saturated rings. The molecule has 1 aliphatic heterocycles. The van der Waals surface area contributed by atoms with Crippen LogP contribution in [0.4, 0.5) is 5.69 Å². The van der Waals surface area contributed by atoms with Crippen molar-refractivity contribution in [3.63, 3.8) is 0 Å². The van der Waals surface area contributed by atoms with E-state index in [0.717, 1.165) is 11.6 Å². The number of nitro benzene ring substituents is 1. The highest BCUT2D eigenvalue weighted by Gasteiger charge is 2.42.